The number of hydrogen-bond donors (Lipinski definition) is 4. The van der Waals surface area contributed by atoms with E-state index in [2.05, 4.69) is 21.3 Å². The molecule has 178 valence electrons. The molecule has 12 heteroatoms. The minimum atomic E-state index is -3.06. The summed E-state index contributed by atoms with van der Waals surface area (Å²) in [6.45, 7) is 0.963. The number of thioether (sulfide) groups is 1. The zero-order chi connectivity index (χ0) is 22.7. The highest BCUT2D eigenvalue weighted by atomic mass is 33.1. The highest BCUT2D eigenvalue weighted by Crippen LogP contribution is 2.33. The highest BCUT2D eigenvalue weighted by molar-refractivity contribution is 8.71. The third-order valence-electron chi connectivity index (χ3n) is 5.21. The molecule has 3 atom stereocenters. The minimum absolute atomic E-state index is 0.0638. The molecule has 4 amide bonds. The lowest BCUT2D eigenvalue weighted by Gasteiger charge is -2.16. The molecule has 2 rings (SSSR count). The van der Waals surface area contributed by atoms with Crippen LogP contribution in [0.15, 0.2) is 0 Å². The number of unbranched alkanes of at least 4 members (excludes halogenated alkanes) is 3. The Morgan fingerprint density at radius 2 is 1.71 bits per heavy atom. The maximum Gasteiger partial charge on any atom is 0.315 e. The number of carbonyl (C=O) groups excluding carboxylic acids is 3. The molecule has 4 N–H and O–H groups in total. The van der Waals surface area contributed by atoms with E-state index in [-0.39, 0.29) is 29.9 Å². The fourth-order valence-electron chi connectivity index (χ4n) is 3.65. The van der Waals surface area contributed by atoms with Crippen LogP contribution in [0.1, 0.15) is 51.4 Å². The van der Waals surface area contributed by atoms with Crippen molar-refractivity contribution in [2.24, 2.45) is 0 Å². The molecular weight excluding hydrogens is 460 g/mol. The molecule has 0 radical (unpaired) electrons. The van der Waals surface area contributed by atoms with E-state index in [1.807, 2.05) is 11.8 Å². The van der Waals surface area contributed by atoms with E-state index in [4.69, 9.17) is 0 Å². The number of urea groups is 1. The summed E-state index contributed by atoms with van der Waals surface area (Å²) in [7, 11) is -2.23. The van der Waals surface area contributed by atoms with Crippen molar-refractivity contribution in [2.45, 2.75) is 68.7 Å². The van der Waals surface area contributed by atoms with Gasteiger partial charge in [0.05, 0.1) is 12.1 Å². The number of nitrogens with one attached hydrogen (secondary N) is 4. The second-order valence-electron chi connectivity index (χ2n) is 7.90. The molecule has 0 spiro atoms. The van der Waals surface area contributed by atoms with Crippen molar-refractivity contribution in [1.29, 1.82) is 0 Å². The molecule has 0 bridgehead atoms. The van der Waals surface area contributed by atoms with Gasteiger partial charge < -0.3 is 21.3 Å². The summed E-state index contributed by atoms with van der Waals surface area (Å²) in [5, 5.41) is 12.0. The van der Waals surface area contributed by atoms with Gasteiger partial charge in [0.2, 0.25) is 11.8 Å². The van der Waals surface area contributed by atoms with Crippen LogP contribution in [0, 0.1) is 0 Å². The first-order valence-electron chi connectivity index (χ1n) is 10.8. The summed E-state index contributed by atoms with van der Waals surface area (Å²) in [6, 6.07) is 0.402. The average molecular weight is 495 g/mol. The van der Waals surface area contributed by atoms with Crippen molar-refractivity contribution in [3.8, 4) is 0 Å². The molecular formula is C19H34N4O5S3. The van der Waals surface area contributed by atoms with Crippen LogP contribution in [0.5, 0.6) is 0 Å². The summed E-state index contributed by atoms with van der Waals surface area (Å²) in [5.41, 5.74) is 0. The van der Waals surface area contributed by atoms with Crippen LogP contribution in [0.4, 0.5) is 4.79 Å². The Balaban J connectivity index is 1.38. The van der Waals surface area contributed by atoms with E-state index in [9.17, 15) is 22.8 Å². The van der Waals surface area contributed by atoms with Gasteiger partial charge in [0, 0.05) is 48.9 Å². The largest absolute Gasteiger partial charge is 0.356 e. The number of amides is 4. The Hall–Kier alpha value is -1.14. The molecule has 31 heavy (non-hydrogen) atoms. The number of rotatable bonds is 15. The van der Waals surface area contributed by atoms with Crippen LogP contribution >= 0.6 is 22.6 Å². The first-order valence-corrected chi connectivity index (χ1v) is 15.3. The van der Waals surface area contributed by atoms with Gasteiger partial charge in [0.25, 0.3) is 0 Å². The van der Waals surface area contributed by atoms with E-state index < -0.39 is 8.87 Å². The van der Waals surface area contributed by atoms with Crippen molar-refractivity contribution in [1.82, 2.24) is 21.3 Å². The molecule has 9 nitrogen and oxygen atoms in total. The molecule has 2 heterocycles. The van der Waals surface area contributed by atoms with Gasteiger partial charge in [0.1, 0.15) is 0 Å². The summed E-state index contributed by atoms with van der Waals surface area (Å²) in [6.07, 6.45) is 7.34. The molecule has 0 aromatic rings. The second kappa shape index (κ2) is 13.4. The van der Waals surface area contributed by atoms with Crippen molar-refractivity contribution in [3.05, 3.63) is 0 Å². The number of hydrogen-bond acceptors (Lipinski definition) is 7. The third kappa shape index (κ3) is 10.8. The van der Waals surface area contributed by atoms with Gasteiger partial charge in [0.15, 0.2) is 8.87 Å². The Morgan fingerprint density at radius 3 is 2.42 bits per heavy atom. The Morgan fingerprint density at radius 1 is 1.03 bits per heavy atom. The molecule has 2 aliphatic heterocycles. The fraction of sp³-hybridized carbons (Fsp3) is 0.842. The van der Waals surface area contributed by atoms with Crippen LogP contribution in [-0.2, 0) is 18.5 Å². The third-order valence-corrected chi connectivity index (χ3v) is 9.30. The quantitative estimate of drug-likeness (QED) is 0.153. The Kier molecular flexibility index (Phi) is 11.3. The minimum Gasteiger partial charge on any atom is -0.356 e. The number of carbonyl (C=O) groups is 3. The van der Waals surface area contributed by atoms with Crippen LogP contribution < -0.4 is 21.3 Å². The van der Waals surface area contributed by atoms with E-state index in [0.717, 1.165) is 61.3 Å². The summed E-state index contributed by atoms with van der Waals surface area (Å²) < 4.78 is 21.9. The molecule has 0 unspecified atom stereocenters. The van der Waals surface area contributed by atoms with Gasteiger partial charge in [-0.15, -0.1) is 0 Å². The van der Waals surface area contributed by atoms with E-state index >= 15 is 0 Å². The molecule has 2 fully saturated rings. The first-order chi connectivity index (χ1) is 14.7. The summed E-state index contributed by atoms with van der Waals surface area (Å²) in [5.74, 6) is 1.30. The predicted octanol–water partition coefficient (Wildman–Crippen LogP) is 1.20. The molecule has 2 aliphatic rings. The molecule has 2 saturated heterocycles. The summed E-state index contributed by atoms with van der Waals surface area (Å²) in [4.78, 5) is 35.0. The van der Waals surface area contributed by atoms with Crippen molar-refractivity contribution >= 4 is 49.3 Å². The van der Waals surface area contributed by atoms with Crippen molar-refractivity contribution in [3.63, 3.8) is 0 Å². The van der Waals surface area contributed by atoms with Crippen LogP contribution in [0.25, 0.3) is 0 Å². The van der Waals surface area contributed by atoms with Gasteiger partial charge in [-0.05, 0) is 36.5 Å². The normalized spacial score (nSPS) is 22.5. The van der Waals surface area contributed by atoms with Gasteiger partial charge >= 0.3 is 6.03 Å². The van der Waals surface area contributed by atoms with Crippen molar-refractivity contribution in [2.75, 3.05) is 30.9 Å². The standard InChI is InChI=1S/C19H34N4O5S3/c1-31(27,28)30-12-11-21-17(25)8-3-2-6-10-20-16(24)9-5-4-7-15-18-14(13-29-15)22-19(26)23-18/h14-15,18H,2-13H2,1H3,(H,20,24)(H,21,25)(H2,22,23,26)/t14-,15-,18-/m0/s1. The maximum absolute atomic E-state index is 11.9. The number of fused-ring (bicyclic) bond motifs is 1. The van der Waals surface area contributed by atoms with Gasteiger partial charge in [-0.1, -0.05) is 12.8 Å². The molecule has 0 aromatic heterocycles. The molecule has 0 aromatic carbocycles. The first kappa shape index (κ1) is 26.1. The molecule has 0 saturated carbocycles. The van der Waals surface area contributed by atoms with Crippen LogP contribution in [0.2, 0.25) is 0 Å². The van der Waals surface area contributed by atoms with E-state index in [1.165, 1.54) is 0 Å². The lowest BCUT2D eigenvalue weighted by Crippen LogP contribution is -2.36. The Bertz CT molecular complexity index is 719. The van der Waals surface area contributed by atoms with Crippen LogP contribution in [-0.4, -0.2) is 74.4 Å². The Labute approximate surface area is 192 Å². The van der Waals surface area contributed by atoms with Gasteiger partial charge in [-0.25, -0.2) is 13.2 Å². The maximum atomic E-state index is 11.9. The highest BCUT2D eigenvalue weighted by Gasteiger charge is 2.42. The SMILES string of the molecule is CS(=O)(=O)SCCNC(=O)CCCCCNC(=O)CCCC[C@@H]1SC[C@@H]2NC(=O)N[C@@H]21. The predicted molar refractivity (Wildman–Crippen MR) is 126 cm³/mol. The lowest BCUT2D eigenvalue weighted by molar-refractivity contribution is -0.122. The van der Waals surface area contributed by atoms with Crippen molar-refractivity contribution < 1.29 is 22.8 Å². The van der Waals surface area contributed by atoms with Gasteiger partial charge in [-0.2, -0.15) is 11.8 Å². The topological polar surface area (TPSA) is 133 Å². The zero-order valence-electron chi connectivity index (χ0n) is 18.0. The fourth-order valence-corrected chi connectivity index (χ4v) is 6.84. The van der Waals surface area contributed by atoms with E-state index in [0.29, 0.717) is 36.9 Å². The zero-order valence-corrected chi connectivity index (χ0v) is 20.4. The summed E-state index contributed by atoms with van der Waals surface area (Å²) >= 11 is 1.89. The second-order valence-corrected chi connectivity index (χ2v) is 13.8. The van der Waals surface area contributed by atoms with Gasteiger partial charge in [-0.3, -0.25) is 9.59 Å². The lowest BCUT2D eigenvalue weighted by atomic mass is 10.0. The smallest absolute Gasteiger partial charge is 0.315 e. The monoisotopic (exact) mass is 494 g/mol. The molecule has 0 aliphatic carbocycles. The van der Waals surface area contributed by atoms with E-state index in [1.54, 1.807) is 0 Å². The van der Waals surface area contributed by atoms with Crippen LogP contribution in [0.3, 0.4) is 0 Å². The average Bonchev–Trinajstić information content (AvgIpc) is 3.24.